The molecule has 0 saturated heterocycles. The summed E-state index contributed by atoms with van der Waals surface area (Å²) in [5.41, 5.74) is 1.57. The number of hydrogen-bond acceptors (Lipinski definition) is 1. The Labute approximate surface area is 67.0 Å². The molecule has 0 nitrogen and oxygen atoms in total. The molecule has 0 aromatic carbocycles. The van der Waals surface area contributed by atoms with Gasteiger partial charge < -0.3 is 0 Å². The summed E-state index contributed by atoms with van der Waals surface area (Å²) in [5.74, 6) is 0. The molecule has 1 aromatic heterocycles. The van der Waals surface area contributed by atoms with Gasteiger partial charge in [-0.25, -0.2) is 0 Å². The first-order valence-corrected chi connectivity index (χ1v) is 4.80. The lowest BCUT2D eigenvalue weighted by Crippen LogP contribution is -1.71. The molecule has 1 aliphatic carbocycles. The van der Waals surface area contributed by atoms with Gasteiger partial charge in [0, 0.05) is 14.7 Å². The molecule has 48 valence electrons. The van der Waals surface area contributed by atoms with E-state index < -0.39 is 0 Å². The van der Waals surface area contributed by atoms with Crippen LogP contribution >= 0.6 is 27.3 Å². The third kappa shape index (κ3) is 0.849. The Hall–Kier alpha value is 0.180. The van der Waals surface area contributed by atoms with Gasteiger partial charge in [0.15, 0.2) is 0 Å². The van der Waals surface area contributed by atoms with Gasteiger partial charge in [-0.05, 0) is 40.8 Å². The molecule has 0 saturated carbocycles. The van der Waals surface area contributed by atoms with Crippen LogP contribution in [0.25, 0.3) is 0 Å². The molecule has 0 atom stereocenters. The first-order chi connectivity index (χ1) is 4.38. The van der Waals surface area contributed by atoms with E-state index in [1.807, 2.05) is 11.3 Å². The topological polar surface area (TPSA) is 0 Å². The minimum absolute atomic E-state index is 1.29. The van der Waals surface area contributed by atoms with E-state index in [4.69, 9.17) is 0 Å². The number of aryl methyl sites for hydroxylation is 1. The van der Waals surface area contributed by atoms with Crippen molar-refractivity contribution in [3.63, 3.8) is 0 Å². The van der Waals surface area contributed by atoms with Crippen molar-refractivity contribution in [2.24, 2.45) is 0 Å². The van der Waals surface area contributed by atoms with Crippen molar-refractivity contribution >= 4 is 27.3 Å². The second-order valence-corrected chi connectivity index (χ2v) is 4.16. The zero-order valence-corrected chi connectivity index (χ0v) is 7.39. The van der Waals surface area contributed by atoms with Crippen LogP contribution in [0.4, 0.5) is 0 Å². The van der Waals surface area contributed by atoms with Gasteiger partial charge in [-0.15, -0.1) is 11.3 Å². The minimum atomic E-state index is 1.29. The summed E-state index contributed by atoms with van der Waals surface area (Å²) in [7, 11) is 0. The molecule has 2 heteroatoms. The summed E-state index contributed by atoms with van der Waals surface area (Å²) in [6.07, 6.45) is 3.96. The molecule has 1 aromatic rings. The number of hydrogen-bond donors (Lipinski definition) is 0. The van der Waals surface area contributed by atoms with Gasteiger partial charge in [-0.2, -0.15) is 0 Å². The summed E-state index contributed by atoms with van der Waals surface area (Å²) in [6, 6.07) is 0. The minimum Gasteiger partial charge on any atom is -0.147 e. The quantitative estimate of drug-likeness (QED) is 0.608. The van der Waals surface area contributed by atoms with Crippen molar-refractivity contribution < 1.29 is 0 Å². The maximum Gasteiger partial charge on any atom is 0.0317 e. The van der Waals surface area contributed by atoms with Crippen LogP contribution in [0.15, 0.2) is 9.85 Å². The zero-order valence-electron chi connectivity index (χ0n) is 4.98. The van der Waals surface area contributed by atoms with Crippen molar-refractivity contribution in [3.05, 3.63) is 20.3 Å². The first-order valence-electron chi connectivity index (χ1n) is 3.12. The molecule has 9 heavy (non-hydrogen) atoms. The molecule has 1 aliphatic rings. The molecule has 0 unspecified atom stereocenters. The van der Waals surface area contributed by atoms with Gasteiger partial charge >= 0.3 is 0 Å². The molecule has 1 heterocycles. The van der Waals surface area contributed by atoms with E-state index in [1.54, 1.807) is 10.4 Å². The average molecular weight is 203 g/mol. The third-order valence-corrected chi connectivity index (χ3v) is 3.86. The smallest absolute Gasteiger partial charge is 0.0317 e. The summed E-state index contributed by atoms with van der Waals surface area (Å²) in [5, 5.41) is 2.20. The number of fused-ring (bicyclic) bond motifs is 1. The van der Waals surface area contributed by atoms with E-state index >= 15 is 0 Å². The van der Waals surface area contributed by atoms with E-state index in [0.29, 0.717) is 0 Å². The fourth-order valence-corrected chi connectivity index (χ4v) is 3.15. The van der Waals surface area contributed by atoms with Gasteiger partial charge in [0.1, 0.15) is 0 Å². The van der Waals surface area contributed by atoms with E-state index in [9.17, 15) is 0 Å². The number of rotatable bonds is 0. The highest BCUT2D eigenvalue weighted by Gasteiger charge is 2.14. The predicted octanol–water partition coefficient (Wildman–Crippen LogP) is 3.00. The van der Waals surface area contributed by atoms with Crippen molar-refractivity contribution in [3.8, 4) is 0 Å². The molecular weight excluding hydrogens is 196 g/mol. The number of halogens is 1. The second kappa shape index (κ2) is 2.10. The molecule has 0 radical (unpaired) electrons. The fourth-order valence-electron chi connectivity index (χ4n) is 1.29. The highest BCUT2D eigenvalue weighted by atomic mass is 79.9. The highest BCUT2D eigenvalue weighted by Crippen LogP contribution is 2.34. The molecule has 2 rings (SSSR count). The molecule has 0 fully saturated rings. The SMILES string of the molecule is Brc1csc2c1CCC2. The predicted molar refractivity (Wildman–Crippen MR) is 44.0 cm³/mol. The fraction of sp³-hybridized carbons (Fsp3) is 0.429. The monoisotopic (exact) mass is 202 g/mol. The lowest BCUT2D eigenvalue weighted by Gasteiger charge is -1.85. The summed E-state index contributed by atoms with van der Waals surface area (Å²) in [4.78, 5) is 1.60. The normalized spacial score (nSPS) is 16.1. The molecule has 0 amide bonds. The van der Waals surface area contributed by atoms with E-state index in [1.165, 1.54) is 23.7 Å². The Morgan fingerprint density at radius 1 is 1.44 bits per heavy atom. The van der Waals surface area contributed by atoms with E-state index in [0.717, 1.165) is 0 Å². The van der Waals surface area contributed by atoms with Gasteiger partial charge in [-0.3, -0.25) is 0 Å². The van der Waals surface area contributed by atoms with Gasteiger partial charge in [0.25, 0.3) is 0 Å². The van der Waals surface area contributed by atoms with Gasteiger partial charge in [-0.1, -0.05) is 0 Å². The van der Waals surface area contributed by atoms with Gasteiger partial charge in [0.2, 0.25) is 0 Å². The van der Waals surface area contributed by atoms with E-state index in [2.05, 4.69) is 21.3 Å². The zero-order chi connectivity index (χ0) is 6.27. The third-order valence-electron chi connectivity index (χ3n) is 1.76. The van der Waals surface area contributed by atoms with E-state index in [-0.39, 0.29) is 0 Å². The Balaban J connectivity index is 2.56. The van der Waals surface area contributed by atoms with Crippen molar-refractivity contribution in [1.29, 1.82) is 0 Å². The van der Waals surface area contributed by atoms with Crippen LogP contribution in [0.5, 0.6) is 0 Å². The molecule has 0 N–H and O–H groups in total. The Bertz CT molecular complexity index is 227. The second-order valence-electron chi connectivity index (χ2n) is 2.34. The molecular formula is C7H7BrS. The van der Waals surface area contributed by atoms with Crippen LogP contribution in [-0.2, 0) is 12.8 Å². The Morgan fingerprint density at radius 3 is 3.11 bits per heavy atom. The molecule has 0 aliphatic heterocycles. The summed E-state index contributed by atoms with van der Waals surface area (Å²) < 4.78 is 1.33. The Morgan fingerprint density at radius 2 is 2.33 bits per heavy atom. The van der Waals surface area contributed by atoms with Gasteiger partial charge in [0.05, 0.1) is 0 Å². The maximum atomic E-state index is 3.53. The van der Waals surface area contributed by atoms with Crippen molar-refractivity contribution in [2.45, 2.75) is 19.3 Å². The summed E-state index contributed by atoms with van der Waals surface area (Å²) >= 11 is 5.42. The van der Waals surface area contributed by atoms with Crippen LogP contribution in [0.1, 0.15) is 16.9 Å². The Kier molecular flexibility index (Phi) is 1.38. The first kappa shape index (κ1) is 5.93. The largest absolute Gasteiger partial charge is 0.147 e. The van der Waals surface area contributed by atoms with Crippen LogP contribution in [-0.4, -0.2) is 0 Å². The molecule has 0 bridgehead atoms. The van der Waals surface area contributed by atoms with Crippen LogP contribution in [0.3, 0.4) is 0 Å². The lowest BCUT2D eigenvalue weighted by molar-refractivity contribution is 0.913. The van der Waals surface area contributed by atoms with Crippen LogP contribution < -0.4 is 0 Å². The summed E-state index contributed by atoms with van der Waals surface area (Å²) in [6.45, 7) is 0. The van der Waals surface area contributed by atoms with Crippen molar-refractivity contribution in [2.75, 3.05) is 0 Å². The van der Waals surface area contributed by atoms with Crippen LogP contribution in [0.2, 0.25) is 0 Å². The standard InChI is InChI=1S/C7H7BrS/c8-6-4-9-7-3-1-2-5(6)7/h4H,1-3H2. The average Bonchev–Trinajstić information content (AvgIpc) is 2.35. The van der Waals surface area contributed by atoms with Crippen molar-refractivity contribution in [1.82, 2.24) is 0 Å². The molecule has 0 spiro atoms. The van der Waals surface area contributed by atoms with Crippen LogP contribution in [0, 0.1) is 0 Å². The lowest BCUT2D eigenvalue weighted by atomic mass is 10.3. The maximum absolute atomic E-state index is 3.53. The highest BCUT2D eigenvalue weighted by molar-refractivity contribution is 9.10. The number of thiophene rings is 1.